The summed E-state index contributed by atoms with van der Waals surface area (Å²) in [6.45, 7) is 0. The number of aromatic nitrogens is 1. The maximum absolute atomic E-state index is 6.77. The Morgan fingerprint density at radius 1 is 0.268 bits per heavy atom. The molecule has 0 aliphatic rings. The summed E-state index contributed by atoms with van der Waals surface area (Å²) in [6, 6.07) is 96.6. The summed E-state index contributed by atoms with van der Waals surface area (Å²) in [5.74, 6) is 0. The number of furan rings is 1. The minimum absolute atomic E-state index is 0.904. The highest BCUT2D eigenvalue weighted by Crippen LogP contribution is 2.43. The topological polar surface area (TPSA) is 21.3 Å². The van der Waals surface area contributed by atoms with Gasteiger partial charge in [-0.1, -0.05) is 200 Å². The molecule has 3 heteroatoms. The molecular formula is C68H44N2O. The summed E-state index contributed by atoms with van der Waals surface area (Å²) in [5, 5.41) is 9.57. The fraction of sp³-hybridized carbons (Fsp3) is 0. The van der Waals surface area contributed by atoms with Gasteiger partial charge in [0.25, 0.3) is 0 Å². The van der Waals surface area contributed by atoms with Gasteiger partial charge in [0, 0.05) is 55.1 Å². The number of fused-ring (bicyclic) bond motifs is 9. The predicted molar refractivity (Wildman–Crippen MR) is 299 cm³/mol. The first-order valence-corrected chi connectivity index (χ1v) is 24.3. The molecule has 0 saturated heterocycles. The quantitative estimate of drug-likeness (QED) is 0.151. The lowest BCUT2D eigenvalue weighted by atomic mass is 9.98. The van der Waals surface area contributed by atoms with Crippen molar-refractivity contribution in [3.05, 3.63) is 267 Å². The van der Waals surface area contributed by atoms with E-state index in [0.29, 0.717) is 0 Å². The Kier molecular flexibility index (Phi) is 9.53. The Labute approximate surface area is 411 Å². The molecule has 12 aromatic carbocycles. The SMILES string of the molecule is c1ccc(-n2c3ccccc3c3ccccc32)c(-c2ccc(N(c3ccc(-c4ccc(-c5ccc6ccccc6c5)cc4)cc3)c3ccc(-c4cccc5c4oc4c6ccccc6ccc54)cc3)cc2)c1. The molecule has 14 aromatic rings. The van der Waals surface area contributed by atoms with Crippen LogP contribution in [0.2, 0.25) is 0 Å². The van der Waals surface area contributed by atoms with Crippen molar-refractivity contribution in [1.82, 2.24) is 4.57 Å². The van der Waals surface area contributed by atoms with E-state index in [-0.39, 0.29) is 0 Å². The molecular weight excluding hydrogens is 861 g/mol. The Morgan fingerprint density at radius 2 is 0.704 bits per heavy atom. The monoisotopic (exact) mass is 904 g/mol. The number of hydrogen-bond acceptors (Lipinski definition) is 2. The lowest BCUT2D eigenvalue weighted by molar-refractivity contribution is 0.674. The molecule has 0 fully saturated rings. The Morgan fingerprint density at radius 3 is 1.37 bits per heavy atom. The summed E-state index contributed by atoms with van der Waals surface area (Å²) in [5.41, 5.74) is 17.8. The molecule has 3 nitrogen and oxygen atoms in total. The van der Waals surface area contributed by atoms with Crippen molar-refractivity contribution in [2.24, 2.45) is 0 Å². The third-order valence-electron chi connectivity index (χ3n) is 14.4. The van der Waals surface area contributed by atoms with Crippen LogP contribution in [0.15, 0.2) is 271 Å². The lowest BCUT2D eigenvalue weighted by Gasteiger charge is -2.26. The molecule has 0 atom stereocenters. The maximum Gasteiger partial charge on any atom is 0.143 e. The Balaban J connectivity index is 0.841. The fourth-order valence-electron chi connectivity index (χ4n) is 10.9. The molecule has 332 valence electrons. The maximum atomic E-state index is 6.77. The standard InChI is InChI=1S/C68H44N2O/c1-2-14-52-44-53(29-28-45(52)12-1)48-26-24-46(25-27-48)47-30-37-54(38-31-47)69(56-41-34-51(35-42-56)59-19-11-20-62-63-43-36-49-13-3-4-16-58(49)68(63)71-67(59)62)55-39-32-50(33-40-55)57-15-5-8-21-64(57)70-65-22-9-6-17-60(65)61-18-7-10-23-66(61)70/h1-44H. The van der Waals surface area contributed by atoms with E-state index < -0.39 is 0 Å². The van der Waals surface area contributed by atoms with Gasteiger partial charge in [-0.25, -0.2) is 0 Å². The van der Waals surface area contributed by atoms with Crippen LogP contribution in [-0.4, -0.2) is 4.57 Å². The minimum atomic E-state index is 0.904. The van der Waals surface area contributed by atoms with Gasteiger partial charge in [0.1, 0.15) is 11.2 Å². The van der Waals surface area contributed by atoms with Crippen LogP contribution in [0, 0.1) is 0 Å². The molecule has 0 bridgehead atoms. The second-order valence-electron chi connectivity index (χ2n) is 18.4. The molecule has 71 heavy (non-hydrogen) atoms. The highest BCUT2D eigenvalue weighted by molar-refractivity contribution is 6.17. The number of anilines is 3. The number of benzene rings is 12. The van der Waals surface area contributed by atoms with Crippen LogP contribution >= 0.6 is 0 Å². The summed E-state index contributed by atoms with van der Waals surface area (Å²) in [6.07, 6.45) is 0. The van der Waals surface area contributed by atoms with E-state index in [1.54, 1.807) is 0 Å². The van der Waals surface area contributed by atoms with Gasteiger partial charge in [-0.3, -0.25) is 0 Å². The van der Waals surface area contributed by atoms with Crippen molar-refractivity contribution < 1.29 is 4.42 Å². The smallest absolute Gasteiger partial charge is 0.143 e. The van der Waals surface area contributed by atoms with E-state index in [1.807, 2.05) is 0 Å². The van der Waals surface area contributed by atoms with E-state index >= 15 is 0 Å². The van der Waals surface area contributed by atoms with Crippen LogP contribution in [0.4, 0.5) is 17.1 Å². The number of para-hydroxylation sites is 4. The zero-order valence-electron chi connectivity index (χ0n) is 38.7. The van der Waals surface area contributed by atoms with Crippen LogP contribution in [0.5, 0.6) is 0 Å². The largest absolute Gasteiger partial charge is 0.455 e. The van der Waals surface area contributed by atoms with Gasteiger partial charge in [-0.2, -0.15) is 0 Å². The highest BCUT2D eigenvalue weighted by Gasteiger charge is 2.19. The fourth-order valence-corrected chi connectivity index (χ4v) is 10.9. The molecule has 0 saturated carbocycles. The summed E-state index contributed by atoms with van der Waals surface area (Å²) in [4.78, 5) is 2.35. The molecule has 0 unspecified atom stereocenters. The number of nitrogens with zero attached hydrogens (tertiary/aromatic N) is 2. The molecule has 0 amide bonds. The second-order valence-corrected chi connectivity index (χ2v) is 18.4. The van der Waals surface area contributed by atoms with Gasteiger partial charge in [0.15, 0.2) is 0 Å². The Bertz CT molecular complexity index is 4260. The van der Waals surface area contributed by atoms with Gasteiger partial charge in [0.05, 0.1) is 16.7 Å². The first-order chi connectivity index (χ1) is 35.2. The van der Waals surface area contributed by atoms with Crippen molar-refractivity contribution in [3.8, 4) is 50.2 Å². The zero-order valence-corrected chi connectivity index (χ0v) is 38.7. The van der Waals surface area contributed by atoms with E-state index in [0.717, 1.165) is 72.3 Å². The summed E-state index contributed by atoms with van der Waals surface area (Å²) in [7, 11) is 0. The van der Waals surface area contributed by atoms with Crippen molar-refractivity contribution >= 4 is 82.4 Å². The number of hydrogen-bond donors (Lipinski definition) is 0. The molecule has 0 aliphatic heterocycles. The lowest BCUT2D eigenvalue weighted by Crippen LogP contribution is -2.09. The van der Waals surface area contributed by atoms with Crippen LogP contribution in [0.25, 0.3) is 115 Å². The van der Waals surface area contributed by atoms with Crippen molar-refractivity contribution in [1.29, 1.82) is 0 Å². The van der Waals surface area contributed by atoms with Gasteiger partial charge in [-0.15, -0.1) is 0 Å². The average molecular weight is 905 g/mol. The van der Waals surface area contributed by atoms with E-state index in [9.17, 15) is 0 Å². The first kappa shape index (κ1) is 40.6. The summed E-state index contributed by atoms with van der Waals surface area (Å²) < 4.78 is 9.18. The first-order valence-electron chi connectivity index (χ1n) is 24.3. The highest BCUT2D eigenvalue weighted by atomic mass is 16.3. The van der Waals surface area contributed by atoms with Crippen LogP contribution in [0.1, 0.15) is 0 Å². The average Bonchev–Trinajstić information content (AvgIpc) is 4.00. The molecule has 2 aromatic heterocycles. The van der Waals surface area contributed by atoms with Gasteiger partial charge in [-0.05, 0) is 116 Å². The Hall–Kier alpha value is -9.44. The minimum Gasteiger partial charge on any atom is -0.455 e. The zero-order chi connectivity index (χ0) is 46.8. The summed E-state index contributed by atoms with van der Waals surface area (Å²) >= 11 is 0. The van der Waals surface area contributed by atoms with E-state index in [2.05, 4.69) is 276 Å². The van der Waals surface area contributed by atoms with Crippen molar-refractivity contribution in [3.63, 3.8) is 0 Å². The van der Waals surface area contributed by atoms with Crippen molar-refractivity contribution in [2.45, 2.75) is 0 Å². The molecule has 14 rings (SSSR count). The molecule has 0 spiro atoms. The van der Waals surface area contributed by atoms with Crippen LogP contribution in [-0.2, 0) is 0 Å². The van der Waals surface area contributed by atoms with Crippen LogP contribution in [0.3, 0.4) is 0 Å². The van der Waals surface area contributed by atoms with Gasteiger partial charge in [0.2, 0.25) is 0 Å². The van der Waals surface area contributed by atoms with E-state index in [4.69, 9.17) is 4.42 Å². The van der Waals surface area contributed by atoms with Crippen molar-refractivity contribution in [2.75, 3.05) is 4.90 Å². The third kappa shape index (κ3) is 6.89. The molecule has 0 N–H and O–H groups in total. The van der Waals surface area contributed by atoms with E-state index in [1.165, 1.54) is 60.2 Å². The molecule has 0 aliphatic carbocycles. The van der Waals surface area contributed by atoms with Gasteiger partial charge >= 0.3 is 0 Å². The molecule has 0 radical (unpaired) electrons. The normalized spacial score (nSPS) is 11.7. The molecule has 2 heterocycles. The predicted octanol–water partition coefficient (Wildman–Crippen LogP) is 19.1. The van der Waals surface area contributed by atoms with Crippen LogP contribution < -0.4 is 4.90 Å². The third-order valence-corrected chi connectivity index (χ3v) is 14.4. The number of rotatable bonds is 8. The second kappa shape index (κ2) is 16.7. The van der Waals surface area contributed by atoms with Gasteiger partial charge < -0.3 is 13.9 Å².